The first-order chi connectivity index (χ1) is 11.2. The summed E-state index contributed by atoms with van der Waals surface area (Å²) in [5, 5.41) is 6.13. The summed E-state index contributed by atoms with van der Waals surface area (Å²) in [6, 6.07) is 7.28. The zero-order chi connectivity index (χ0) is 16.1. The average Bonchev–Trinajstić information content (AvgIpc) is 2.98. The first-order valence-electron chi connectivity index (χ1n) is 8.65. The number of rotatable bonds is 3. The van der Waals surface area contributed by atoms with Gasteiger partial charge in [-0.3, -0.25) is 9.59 Å². The van der Waals surface area contributed by atoms with E-state index in [-0.39, 0.29) is 17.7 Å². The Labute approximate surface area is 137 Å². The molecule has 1 aromatic carbocycles. The molecule has 0 radical (unpaired) electrons. The highest BCUT2D eigenvalue weighted by atomic mass is 16.2. The smallest absolute Gasteiger partial charge is 0.253 e. The van der Waals surface area contributed by atoms with Gasteiger partial charge in [0.1, 0.15) is 0 Å². The Balaban J connectivity index is 1.59. The maximum atomic E-state index is 12.5. The lowest BCUT2D eigenvalue weighted by Crippen LogP contribution is -2.31. The highest BCUT2D eigenvalue weighted by molar-refractivity contribution is 5.96. The molecule has 1 aromatic rings. The number of hydrogen-bond acceptors (Lipinski definition) is 3. The lowest BCUT2D eigenvalue weighted by molar-refractivity contribution is -0.119. The van der Waals surface area contributed by atoms with Crippen LogP contribution in [-0.4, -0.2) is 42.9 Å². The Morgan fingerprint density at radius 3 is 2.35 bits per heavy atom. The third-order valence-electron chi connectivity index (χ3n) is 4.72. The van der Waals surface area contributed by atoms with Crippen LogP contribution in [0.15, 0.2) is 24.3 Å². The van der Waals surface area contributed by atoms with Crippen LogP contribution in [-0.2, 0) is 4.79 Å². The van der Waals surface area contributed by atoms with E-state index < -0.39 is 0 Å². The number of hydrogen-bond donors (Lipinski definition) is 2. The van der Waals surface area contributed by atoms with E-state index >= 15 is 0 Å². The molecule has 2 amide bonds. The first kappa shape index (κ1) is 16.0. The van der Waals surface area contributed by atoms with Crippen molar-refractivity contribution < 1.29 is 9.59 Å². The minimum Gasteiger partial charge on any atom is -0.339 e. The van der Waals surface area contributed by atoms with Crippen molar-refractivity contribution >= 4 is 17.5 Å². The molecule has 5 heteroatoms. The molecule has 2 aliphatic heterocycles. The minimum absolute atomic E-state index is 0.0495. The molecule has 23 heavy (non-hydrogen) atoms. The van der Waals surface area contributed by atoms with Gasteiger partial charge in [0, 0.05) is 30.9 Å². The standard InChI is InChI=1S/C18H25N3O2/c22-17(15-9-10-19-13-15)20-16-7-5-14(6-8-16)18(23)21-11-3-1-2-4-12-21/h5-8,15,19H,1-4,9-13H2,(H,20,22). The van der Waals surface area contributed by atoms with E-state index in [1.165, 1.54) is 12.8 Å². The summed E-state index contributed by atoms with van der Waals surface area (Å²) in [4.78, 5) is 26.6. The molecule has 3 rings (SSSR count). The van der Waals surface area contributed by atoms with E-state index in [0.29, 0.717) is 5.56 Å². The van der Waals surface area contributed by atoms with E-state index in [9.17, 15) is 9.59 Å². The number of carbonyl (C=O) groups excluding carboxylic acids is 2. The molecular formula is C18H25N3O2. The molecule has 2 saturated heterocycles. The zero-order valence-electron chi connectivity index (χ0n) is 13.5. The third kappa shape index (κ3) is 4.10. The minimum atomic E-state index is 0.0495. The second-order valence-electron chi connectivity index (χ2n) is 6.46. The highest BCUT2D eigenvalue weighted by Crippen LogP contribution is 2.17. The molecule has 0 aliphatic carbocycles. The maximum absolute atomic E-state index is 12.5. The molecule has 1 unspecified atom stereocenters. The van der Waals surface area contributed by atoms with Gasteiger partial charge in [0.15, 0.2) is 0 Å². The van der Waals surface area contributed by atoms with Crippen LogP contribution in [0.25, 0.3) is 0 Å². The fourth-order valence-electron chi connectivity index (χ4n) is 3.28. The van der Waals surface area contributed by atoms with Gasteiger partial charge in [0.2, 0.25) is 5.91 Å². The van der Waals surface area contributed by atoms with Gasteiger partial charge in [-0.05, 0) is 50.1 Å². The van der Waals surface area contributed by atoms with Crippen LogP contribution >= 0.6 is 0 Å². The van der Waals surface area contributed by atoms with Crippen molar-refractivity contribution in [3.8, 4) is 0 Å². The van der Waals surface area contributed by atoms with Gasteiger partial charge in [-0.25, -0.2) is 0 Å². The van der Waals surface area contributed by atoms with Crippen LogP contribution in [0.2, 0.25) is 0 Å². The van der Waals surface area contributed by atoms with Crippen molar-refractivity contribution in [3.05, 3.63) is 29.8 Å². The largest absolute Gasteiger partial charge is 0.339 e. The van der Waals surface area contributed by atoms with E-state index in [1.54, 1.807) is 0 Å². The number of amides is 2. The SMILES string of the molecule is O=C(Nc1ccc(C(=O)N2CCCCCC2)cc1)C1CCNC1. The van der Waals surface area contributed by atoms with Gasteiger partial charge < -0.3 is 15.5 Å². The predicted molar refractivity (Wildman–Crippen MR) is 90.4 cm³/mol. The summed E-state index contributed by atoms with van der Waals surface area (Å²) >= 11 is 0. The number of anilines is 1. The molecule has 2 fully saturated rings. The molecule has 124 valence electrons. The van der Waals surface area contributed by atoms with Crippen LogP contribution in [0.4, 0.5) is 5.69 Å². The van der Waals surface area contributed by atoms with Crippen molar-refractivity contribution in [1.29, 1.82) is 0 Å². The Kier molecular flexibility index (Phi) is 5.28. The van der Waals surface area contributed by atoms with Gasteiger partial charge in [-0.2, -0.15) is 0 Å². The van der Waals surface area contributed by atoms with Crippen molar-refractivity contribution in [2.24, 2.45) is 5.92 Å². The maximum Gasteiger partial charge on any atom is 0.253 e. The summed E-state index contributed by atoms with van der Waals surface area (Å²) in [6.07, 6.45) is 5.50. The summed E-state index contributed by atoms with van der Waals surface area (Å²) in [6.45, 7) is 3.36. The Bertz CT molecular complexity index is 542. The molecule has 1 atom stereocenters. The molecule has 0 saturated carbocycles. The average molecular weight is 315 g/mol. The summed E-state index contributed by atoms with van der Waals surface area (Å²) in [5.74, 6) is 0.208. The van der Waals surface area contributed by atoms with E-state index in [2.05, 4.69) is 10.6 Å². The second kappa shape index (κ2) is 7.59. The van der Waals surface area contributed by atoms with Crippen LogP contribution in [0.5, 0.6) is 0 Å². The molecule has 2 N–H and O–H groups in total. The van der Waals surface area contributed by atoms with E-state index in [4.69, 9.17) is 0 Å². The van der Waals surface area contributed by atoms with Gasteiger partial charge in [-0.1, -0.05) is 12.8 Å². The lowest BCUT2D eigenvalue weighted by Gasteiger charge is -2.20. The molecule has 2 heterocycles. The van der Waals surface area contributed by atoms with Crippen molar-refractivity contribution in [3.63, 3.8) is 0 Å². The predicted octanol–water partition coefficient (Wildman–Crippen LogP) is 2.25. The zero-order valence-corrected chi connectivity index (χ0v) is 13.5. The third-order valence-corrected chi connectivity index (χ3v) is 4.72. The summed E-state index contributed by atoms with van der Waals surface area (Å²) < 4.78 is 0. The Morgan fingerprint density at radius 1 is 1.04 bits per heavy atom. The number of carbonyl (C=O) groups is 2. The number of nitrogens with zero attached hydrogens (tertiary/aromatic N) is 1. The van der Waals surface area contributed by atoms with Crippen molar-refractivity contribution in [2.75, 3.05) is 31.5 Å². The Hall–Kier alpha value is -1.88. The van der Waals surface area contributed by atoms with Crippen LogP contribution in [0.3, 0.4) is 0 Å². The van der Waals surface area contributed by atoms with Gasteiger partial charge in [0.25, 0.3) is 5.91 Å². The number of nitrogens with one attached hydrogen (secondary N) is 2. The summed E-state index contributed by atoms with van der Waals surface area (Å²) in [7, 11) is 0. The molecule has 0 bridgehead atoms. The quantitative estimate of drug-likeness (QED) is 0.899. The molecular weight excluding hydrogens is 290 g/mol. The van der Waals surface area contributed by atoms with Gasteiger partial charge in [0.05, 0.1) is 5.92 Å². The molecule has 2 aliphatic rings. The Morgan fingerprint density at radius 2 is 1.74 bits per heavy atom. The molecule has 5 nitrogen and oxygen atoms in total. The first-order valence-corrected chi connectivity index (χ1v) is 8.65. The van der Waals surface area contributed by atoms with Crippen LogP contribution < -0.4 is 10.6 Å². The molecule has 0 aromatic heterocycles. The number of likely N-dealkylation sites (tertiary alicyclic amines) is 1. The lowest BCUT2D eigenvalue weighted by atomic mass is 10.1. The topological polar surface area (TPSA) is 61.4 Å². The van der Waals surface area contributed by atoms with Gasteiger partial charge >= 0.3 is 0 Å². The van der Waals surface area contributed by atoms with Crippen molar-refractivity contribution in [2.45, 2.75) is 32.1 Å². The summed E-state index contributed by atoms with van der Waals surface area (Å²) in [5.41, 5.74) is 1.46. The number of benzene rings is 1. The van der Waals surface area contributed by atoms with Crippen molar-refractivity contribution in [1.82, 2.24) is 10.2 Å². The normalized spacial score (nSPS) is 21.7. The monoisotopic (exact) mass is 315 g/mol. The van der Waals surface area contributed by atoms with Crippen LogP contribution in [0.1, 0.15) is 42.5 Å². The highest BCUT2D eigenvalue weighted by Gasteiger charge is 2.22. The second-order valence-corrected chi connectivity index (χ2v) is 6.46. The molecule has 0 spiro atoms. The van der Waals surface area contributed by atoms with E-state index in [1.807, 2.05) is 29.2 Å². The van der Waals surface area contributed by atoms with E-state index in [0.717, 1.165) is 51.1 Å². The fraction of sp³-hybridized carbons (Fsp3) is 0.556. The van der Waals surface area contributed by atoms with Crippen LogP contribution in [0, 0.1) is 5.92 Å². The fourth-order valence-corrected chi connectivity index (χ4v) is 3.28. The van der Waals surface area contributed by atoms with Gasteiger partial charge in [-0.15, -0.1) is 0 Å².